The van der Waals surface area contributed by atoms with E-state index >= 15 is 0 Å². The fraction of sp³-hybridized carbons (Fsp3) is 0.100. The zero-order chi connectivity index (χ0) is 11.1. The maximum absolute atomic E-state index is 13.1. The molecule has 0 atom stereocenters. The quantitative estimate of drug-likeness (QED) is 0.801. The van der Waals surface area contributed by atoms with Gasteiger partial charge in [0.05, 0.1) is 5.69 Å². The minimum atomic E-state index is -3.88. The molecule has 0 unspecified atom stereocenters. The van der Waals surface area contributed by atoms with Crippen LogP contribution in [-0.2, 0) is 10.7 Å². The van der Waals surface area contributed by atoms with E-state index < -0.39 is 17.6 Å². The third-order valence-electron chi connectivity index (χ3n) is 2.14. The molecule has 0 aliphatic heterocycles. The van der Waals surface area contributed by atoms with E-state index in [2.05, 4.69) is 4.98 Å². The van der Waals surface area contributed by atoms with Crippen LogP contribution in [-0.4, -0.2) is 16.1 Å². The fourth-order valence-corrected chi connectivity index (χ4v) is 1.36. The van der Waals surface area contributed by atoms with Crippen LogP contribution in [0.1, 0.15) is 5.69 Å². The van der Waals surface area contributed by atoms with Gasteiger partial charge in [-0.1, -0.05) is 18.2 Å². The van der Waals surface area contributed by atoms with E-state index in [0.29, 0.717) is 10.9 Å². The van der Waals surface area contributed by atoms with Crippen molar-refractivity contribution in [1.82, 2.24) is 4.98 Å². The Labute approximate surface area is 83.3 Å². The first-order valence-electron chi connectivity index (χ1n) is 4.21. The number of halogens is 2. The number of carboxylic acids is 1. The Balaban J connectivity index is 2.58. The van der Waals surface area contributed by atoms with Gasteiger partial charge in [0.15, 0.2) is 0 Å². The predicted octanol–water partition coefficient (Wildman–Crippen LogP) is 2.34. The SMILES string of the molecule is O=C(O)C(F)(F)c1cc2ccccc2[nH]1. The smallest absolute Gasteiger partial charge is 0.382 e. The highest BCUT2D eigenvalue weighted by atomic mass is 19.3. The molecule has 1 aromatic carbocycles. The summed E-state index contributed by atoms with van der Waals surface area (Å²) < 4.78 is 26.2. The van der Waals surface area contributed by atoms with Gasteiger partial charge in [-0.3, -0.25) is 0 Å². The van der Waals surface area contributed by atoms with E-state index in [4.69, 9.17) is 5.11 Å². The number of carboxylic acid groups (broad SMARTS) is 1. The molecule has 3 nitrogen and oxygen atoms in total. The fourth-order valence-electron chi connectivity index (χ4n) is 1.36. The number of carbonyl (C=O) groups is 1. The van der Waals surface area contributed by atoms with Gasteiger partial charge in [-0.15, -0.1) is 0 Å². The summed E-state index contributed by atoms with van der Waals surface area (Å²) >= 11 is 0. The van der Waals surface area contributed by atoms with Crippen molar-refractivity contribution in [3.8, 4) is 0 Å². The summed E-state index contributed by atoms with van der Waals surface area (Å²) in [5, 5.41) is 8.91. The Morgan fingerprint density at radius 2 is 2.00 bits per heavy atom. The van der Waals surface area contributed by atoms with Gasteiger partial charge in [-0.25, -0.2) is 4.79 Å². The number of hydrogen-bond donors (Lipinski definition) is 2. The van der Waals surface area contributed by atoms with Crippen LogP contribution in [0, 0.1) is 0 Å². The first-order chi connectivity index (χ1) is 7.01. The summed E-state index contributed by atoms with van der Waals surface area (Å²) in [5.41, 5.74) is -0.107. The van der Waals surface area contributed by atoms with E-state index in [1.165, 1.54) is 0 Å². The third-order valence-corrected chi connectivity index (χ3v) is 2.14. The first-order valence-corrected chi connectivity index (χ1v) is 4.21. The first kappa shape index (κ1) is 9.64. The largest absolute Gasteiger partial charge is 0.476 e. The van der Waals surface area contributed by atoms with Crippen LogP contribution in [0.3, 0.4) is 0 Å². The topological polar surface area (TPSA) is 53.1 Å². The van der Waals surface area contributed by atoms with Gasteiger partial charge in [0.25, 0.3) is 0 Å². The molecule has 15 heavy (non-hydrogen) atoms. The average Bonchev–Trinajstić information content (AvgIpc) is 2.61. The number of rotatable bonds is 2. The number of benzene rings is 1. The summed E-state index contributed by atoms with van der Waals surface area (Å²) in [5.74, 6) is -6.03. The Hall–Kier alpha value is -1.91. The van der Waals surface area contributed by atoms with Gasteiger partial charge in [0.1, 0.15) is 0 Å². The zero-order valence-corrected chi connectivity index (χ0v) is 7.50. The molecule has 0 amide bonds. The van der Waals surface area contributed by atoms with Crippen molar-refractivity contribution in [3.63, 3.8) is 0 Å². The van der Waals surface area contributed by atoms with Crippen LogP contribution in [0.5, 0.6) is 0 Å². The van der Waals surface area contributed by atoms with Gasteiger partial charge in [0, 0.05) is 5.52 Å². The summed E-state index contributed by atoms with van der Waals surface area (Å²) in [7, 11) is 0. The van der Waals surface area contributed by atoms with E-state index in [1.54, 1.807) is 24.3 Å². The van der Waals surface area contributed by atoms with Crippen molar-refractivity contribution in [3.05, 3.63) is 36.0 Å². The van der Waals surface area contributed by atoms with E-state index in [1.807, 2.05) is 0 Å². The number of hydrogen-bond acceptors (Lipinski definition) is 1. The molecule has 0 fully saturated rings. The summed E-state index contributed by atoms with van der Waals surface area (Å²) in [6.45, 7) is 0. The van der Waals surface area contributed by atoms with E-state index in [0.717, 1.165) is 6.07 Å². The lowest BCUT2D eigenvalue weighted by Gasteiger charge is -2.07. The van der Waals surface area contributed by atoms with Crippen molar-refractivity contribution in [1.29, 1.82) is 0 Å². The summed E-state index contributed by atoms with van der Waals surface area (Å²) in [4.78, 5) is 12.7. The van der Waals surface area contributed by atoms with E-state index in [-0.39, 0.29) is 0 Å². The summed E-state index contributed by atoms with van der Waals surface area (Å²) in [6, 6.07) is 7.76. The number of aliphatic carboxylic acids is 1. The second-order valence-electron chi connectivity index (χ2n) is 3.15. The van der Waals surface area contributed by atoms with E-state index in [9.17, 15) is 13.6 Å². The lowest BCUT2D eigenvalue weighted by Crippen LogP contribution is -2.25. The molecular formula is C10H7F2NO2. The molecule has 0 saturated heterocycles. The molecule has 0 saturated carbocycles. The standard InChI is InChI=1S/C10H7F2NO2/c11-10(12,9(14)15)8-5-6-3-1-2-4-7(6)13-8/h1-5,13H,(H,14,15). The monoisotopic (exact) mass is 211 g/mol. The Morgan fingerprint density at radius 3 is 2.60 bits per heavy atom. The molecule has 78 valence electrons. The van der Waals surface area contributed by atoms with Crippen molar-refractivity contribution in [2.45, 2.75) is 5.92 Å². The zero-order valence-electron chi connectivity index (χ0n) is 7.50. The van der Waals surface area contributed by atoms with Crippen LogP contribution in [0.4, 0.5) is 8.78 Å². The highest BCUT2D eigenvalue weighted by Crippen LogP contribution is 2.29. The number of aromatic amines is 1. The number of alkyl halides is 2. The van der Waals surface area contributed by atoms with Crippen molar-refractivity contribution in [2.24, 2.45) is 0 Å². The third kappa shape index (κ3) is 1.45. The molecule has 0 aliphatic carbocycles. The molecule has 1 aromatic heterocycles. The molecular weight excluding hydrogens is 204 g/mol. The average molecular weight is 211 g/mol. The normalized spacial score (nSPS) is 11.9. The lowest BCUT2D eigenvalue weighted by atomic mass is 10.2. The highest BCUT2D eigenvalue weighted by Gasteiger charge is 2.42. The molecule has 0 bridgehead atoms. The van der Waals surface area contributed by atoms with Gasteiger partial charge >= 0.3 is 11.9 Å². The minimum Gasteiger partial charge on any atom is -0.476 e. The maximum Gasteiger partial charge on any atom is 0.382 e. The maximum atomic E-state index is 13.1. The van der Waals surface area contributed by atoms with Crippen LogP contribution >= 0.6 is 0 Å². The van der Waals surface area contributed by atoms with Crippen molar-refractivity contribution >= 4 is 16.9 Å². The van der Waals surface area contributed by atoms with Crippen LogP contribution in [0.15, 0.2) is 30.3 Å². The van der Waals surface area contributed by atoms with Gasteiger partial charge in [0.2, 0.25) is 0 Å². The molecule has 2 N–H and O–H groups in total. The van der Waals surface area contributed by atoms with Crippen molar-refractivity contribution < 1.29 is 18.7 Å². The molecule has 0 aliphatic rings. The van der Waals surface area contributed by atoms with Crippen LogP contribution in [0.25, 0.3) is 10.9 Å². The van der Waals surface area contributed by atoms with Crippen LogP contribution in [0.2, 0.25) is 0 Å². The molecule has 0 spiro atoms. The van der Waals surface area contributed by atoms with Gasteiger partial charge in [-0.05, 0) is 17.5 Å². The molecule has 1 heterocycles. The Kier molecular flexibility index (Phi) is 1.96. The molecule has 2 rings (SSSR count). The number of fused-ring (bicyclic) bond motifs is 1. The molecule has 0 radical (unpaired) electrons. The number of para-hydroxylation sites is 1. The molecule has 2 aromatic rings. The van der Waals surface area contributed by atoms with Gasteiger partial charge < -0.3 is 10.1 Å². The van der Waals surface area contributed by atoms with Crippen LogP contribution < -0.4 is 0 Å². The second kappa shape index (κ2) is 3.05. The number of H-pyrrole nitrogens is 1. The number of nitrogens with one attached hydrogen (secondary N) is 1. The Bertz CT molecular complexity index is 486. The Morgan fingerprint density at radius 1 is 1.33 bits per heavy atom. The lowest BCUT2D eigenvalue weighted by molar-refractivity contribution is -0.166. The van der Waals surface area contributed by atoms with Gasteiger partial charge in [-0.2, -0.15) is 8.78 Å². The summed E-state index contributed by atoms with van der Waals surface area (Å²) in [6.07, 6.45) is 0. The predicted molar refractivity (Wildman–Crippen MR) is 49.8 cm³/mol. The number of aromatic nitrogens is 1. The minimum absolute atomic E-state index is 0.494. The van der Waals surface area contributed by atoms with Crippen molar-refractivity contribution in [2.75, 3.05) is 0 Å². The molecule has 5 heteroatoms. The second-order valence-corrected chi connectivity index (χ2v) is 3.15. The highest BCUT2D eigenvalue weighted by molar-refractivity contribution is 5.84.